The first-order chi connectivity index (χ1) is 8.68. The number of nitrogens with zero attached hydrogens (tertiary/aromatic N) is 2. The van der Waals surface area contributed by atoms with Gasteiger partial charge >= 0.3 is 5.97 Å². The van der Waals surface area contributed by atoms with Crippen molar-refractivity contribution in [3.63, 3.8) is 0 Å². The largest absolute Gasteiger partial charge is 0.480 e. The normalized spacial score (nSPS) is 27.4. The highest BCUT2D eigenvalue weighted by Crippen LogP contribution is 2.45. The molecule has 2 aliphatic rings. The van der Waals surface area contributed by atoms with E-state index >= 15 is 0 Å². The molecule has 2 heterocycles. The average molecular weight is 268 g/mol. The molecule has 1 aromatic heterocycles. The molecular weight excluding hydrogens is 256 g/mol. The molecule has 7 heteroatoms. The molecule has 1 aliphatic heterocycles. The quantitative estimate of drug-likeness (QED) is 0.882. The summed E-state index contributed by atoms with van der Waals surface area (Å²) in [5, 5.41) is 12.7. The number of carboxylic acids is 1. The number of aliphatic carboxylic acids is 1. The maximum atomic E-state index is 12.3. The van der Waals surface area contributed by atoms with Crippen molar-refractivity contribution in [2.75, 3.05) is 5.75 Å². The first kappa shape index (κ1) is 11.6. The zero-order chi connectivity index (χ0) is 12.7. The zero-order valence-corrected chi connectivity index (χ0v) is 10.3. The van der Waals surface area contributed by atoms with E-state index in [0.717, 1.165) is 12.8 Å². The molecule has 1 aliphatic carbocycles. The number of amides is 1. The van der Waals surface area contributed by atoms with Gasteiger partial charge < -0.3 is 14.5 Å². The second-order valence-corrected chi connectivity index (χ2v) is 5.65. The zero-order valence-electron chi connectivity index (χ0n) is 9.48. The number of carbonyl (C=O) groups is 2. The minimum Gasteiger partial charge on any atom is -0.480 e. The Balaban J connectivity index is 1.88. The molecule has 1 amide bonds. The molecule has 0 bridgehead atoms. The molecule has 2 atom stereocenters. The summed E-state index contributed by atoms with van der Waals surface area (Å²) >= 11 is 1.55. The van der Waals surface area contributed by atoms with Crippen LogP contribution < -0.4 is 0 Å². The molecule has 1 saturated heterocycles. The van der Waals surface area contributed by atoms with E-state index in [-0.39, 0.29) is 17.0 Å². The average Bonchev–Trinajstić information content (AvgIpc) is 2.91. The Morgan fingerprint density at radius 2 is 2.28 bits per heavy atom. The highest BCUT2D eigenvalue weighted by atomic mass is 32.2. The van der Waals surface area contributed by atoms with Gasteiger partial charge in [0.2, 0.25) is 5.76 Å². The third-order valence-electron chi connectivity index (χ3n) is 3.23. The van der Waals surface area contributed by atoms with Crippen LogP contribution in [0.5, 0.6) is 0 Å². The predicted molar refractivity (Wildman–Crippen MR) is 63.1 cm³/mol. The number of thioether (sulfide) groups is 1. The van der Waals surface area contributed by atoms with E-state index < -0.39 is 12.0 Å². The van der Waals surface area contributed by atoms with Gasteiger partial charge in [-0.1, -0.05) is 5.16 Å². The van der Waals surface area contributed by atoms with E-state index in [9.17, 15) is 14.7 Å². The van der Waals surface area contributed by atoms with E-state index in [1.165, 1.54) is 17.2 Å². The first-order valence-electron chi connectivity index (χ1n) is 5.76. The van der Waals surface area contributed by atoms with Crippen LogP contribution in [0.4, 0.5) is 0 Å². The van der Waals surface area contributed by atoms with Crippen LogP contribution in [0.25, 0.3) is 0 Å². The van der Waals surface area contributed by atoms with Crippen molar-refractivity contribution in [3.05, 3.63) is 18.0 Å². The predicted octanol–water partition coefficient (Wildman–Crippen LogP) is 1.05. The second kappa shape index (κ2) is 4.31. The van der Waals surface area contributed by atoms with Crippen molar-refractivity contribution < 1.29 is 19.2 Å². The van der Waals surface area contributed by atoms with Gasteiger partial charge in [-0.05, 0) is 18.8 Å². The minimum absolute atomic E-state index is 0.0382. The van der Waals surface area contributed by atoms with Gasteiger partial charge in [0.15, 0.2) is 0 Å². The van der Waals surface area contributed by atoms with E-state index in [2.05, 4.69) is 5.16 Å². The third-order valence-corrected chi connectivity index (χ3v) is 4.69. The van der Waals surface area contributed by atoms with E-state index in [4.69, 9.17) is 4.52 Å². The fourth-order valence-electron chi connectivity index (χ4n) is 2.17. The summed E-state index contributed by atoms with van der Waals surface area (Å²) in [6.07, 6.45) is 3.51. The topological polar surface area (TPSA) is 83.6 Å². The molecule has 1 aromatic rings. The highest BCUT2D eigenvalue weighted by Gasteiger charge is 2.48. The lowest BCUT2D eigenvalue weighted by atomic mass is 10.2. The van der Waals surface area contributed by atoms with Crippen LogP contribution in [-0.2, 0) is 4.79 Å². The maximum absolute atomic E-state index is 12.3. The fourth-order valence-corrected chi connectivity index (χ4v) is 3.80. The van der Waals surface area contributed by atoms with Crippen LogP contribution in [0.3, 0.4) is 0 Å². The smallest absolute Gasteiger partial charge is 0.327 e. The first-order valence-corrected chi connectivity index (χ1v) is 6.81. The Morgan fingerprint density at radius 1 is 1.50 bits per heavy atom. The molecule has 2 unspecified atom stereocenters. The highest BCUT2D eigenvalue weighted by molar-refractivity contribution is 8.00. The Kier molecular flexibility index (Phi) is 2.77. The second-order valence-electron chi connectivity index (χ2n) is 4.50. The van der Waals surface area contributed by atoms with Crippen molar-refractivity contribution in [2.24, 2.45) is 5.92 Å². The van der Waals surface area contributed by atoms with Crippen molar-refractivity contribution in [2.45, 2.75) is 24.3 Å². The Hall–Kier alpha value is -1.50. The lowest BCUT2D eigenvalue weighted by molar-refractivity contribution is -0.141. The van der Waals surface area contributed by atoms with E-state index in [1.54, 1.807) is 11.8 Å². The summed E-state index contributed by atoms with van der Waals surface area (Å²) in [5.74, 6) is -0.364. The number of carboxylic acid groups (broad SMARTS) is 1. The van der Waals surface area contributed by atoms with Crippen LogP contribution in [0.15, 0.2) is 16.8 Å². The third kappa shape index (κ3) is 1.88. The summed E-state index contributed by atoms with van der Waals surface area (Å²) in [6, 6.07) is 0.701. The van der Waals surface area contributed by atoms with Crippen molar-refractivity contribution in [1.82, 2.24) is 10.1 Å². The molecule has 3 rings (SSSR count). The summed E-state index contributed by atoms with van der Waals surface area (Å²) < 4.78 is 4.84. The van der Waals surface area contributed by atoms with Crippen LogP contribution in [0, 0.1) is 5.92 Å². The monoisotopic (exact) mass is 268 g/mol. The molecule has 18 heavy (non-hydrogen) atoms. The lowest BCUT2D eigenvalue weighted by Gasteiger charge is -2.26. The summed E-state index contributed by atoms with van der Waals surface area (Å²) in [7, 11) is 0. The molecule has 2 fully saturated rings. The van der Waals surface area contributed by atoms with Crippen LogP contribution in [0.1, 0.15) is 23.4 Å². The standard InChI is InChI=1S/C11H12N2O4S/c14-9(8-3-4-12-17-8)13-7(11(15)16)5-18-10(13)6-1-2-6/h3-4,6-7,10H,1-2,5H2,(H,15,16). The Labute approximate surface area is 107 Å². The Bertz CT molecular complexity index is 471. The SMILES string of the molecule is O=C(O)C1CSC(C2CC2)N1C(=O)c1ccno1. The number of aromatic nitrogens is 1. The molecule has 96 valence electrons. The van der Waals surface area contributed by atoms with Crippen molar-refractivity contribution in [3.8, 4) is 0 Å². The van der Waals surface area contributed by atoms with Gasteiger partial charge in [-0.25, -0.2) is 4.79 Å². The fraction of sp³-hybridized carbons (Fsp3) is 0.545. The van der Waals surface area contributed by atoms with Gasteiger partial charge in [-0.2, -0.15) is 0 Å². The summed E-state index contributed by atoms with van der Waals surface area (Å²) in [6.45, 7) is 0. The van der Waals surface area contributed by atoms with Crippen molar-refractivity contribution >= 4 is 23.6 Å². The van der Waals surface area contributed by atoms with Crippen LogP contribution >= 0.6 is 11.8 Å². The van der Waals surface area contributed by atoms with Crippen LogP contribution in [0.2, 0.25) is 0 Å². The molecule has 0 spiro atoms. The van der Waals surface area contributed by atoms with Gasteiger partial charge in [-0.15, -0.1) is 11.8 Å². The minimum atomic E-state index is -0.960. The van der Waals surface area contributed by atoms with Crippen molar-refractivity contribution in [1.29, 1.82) is 0 Å². The number of rotatable bonds is 3. The van der Waals surface area contributed by atoms with Gasteiger partial charge in [0, 0.05) is 11.8 Å². The number of carbonyl (C=O) groups excluding carboxylic acids is 1. The summed E-state index contributed by atoms with van der Waals surface area (Å²) in [5.41, 5.74) is 0. The van der Waals surface area contributed by atoms with E-state index in [1.807, 2.05) is 0 Å². The van der Waals surface area contributed by atoms with Crippen LogP contribution in [-0.4, -0.2) is 44.2 Å². The number of hydrogen-bond donors (Lipinski definition) is 1. The van der Waals surface area contributed by atoms with Gasteiger partial charge in [0.25, 0.3) is 5.91 Å². The molecule has 1 saturated carbocycles. The molecule has 0 aromatic carbocycles. The Morgan fingerprint density at radius 3 is 2.83 bits per heavy atom. The molecule has 1 N–H and O–H groups in total. The maximum Gasteiger partial charge on any atom is 0.327 e. The number of hydrogen-bond acceptors (Lipinski definition) is 5. The molecule has 0 radical (unpaired) electrons. The van der Waals surface area contributed by atoms with Gasteiger partial charge in [0.05, 0.1) is 11.6 Å². The summed E-state index contributed by atoms with van der Waals surface area (Å²) in [4.78, 5) is 25.0. The van der Waals surface area contributed by atoms with Gasteiger partial charge in [-0.3, -0.25) is 4.79 Å². The molecular formula is C11H12N2O4S. The lowest BCUT2D eigenvalue weighted by Crippen LogP contribution is -2.46. The molecule has 6 nitrogen and oxygen atoms in total. The van der Waals surface area contributed by atoms with E-state index in [0.29, 0.717) is 11.7 Å². The van der Waals surface area contributed by atoms with Gasteiger partial charge in [0.1, 0.15) is 6.04 Å².